The van der Waals surface area contributed by atoms with Gasteiger partial charge in [-0.25, -0.2) is 4.98 Å². The lowest BCUT2D eigenvalue weighted by atomic mass is 9.70. The van der Waals surface area contributed by atoms with Crippen LogP contribution in [0.15, 0.2) is 48.5 Å². The van der Waals surface area contributed by atoms with Crippen LogP contribution in [0.3, 0.4) is 0 Å². The molecule has 5 nitrogen and oxygen atoms in total. The van der Waals surface area contributed by atoms with E-state index in [2.05, 4.69) is 54.2 Å². The molecule has 2 aromatic carbocycles. The van der Waals surface area contributed by atoms with E-state index in [0.29, 0.717) is 17.4 Å². The molecule has 1 heterocycles. The molecular weight excluding hydrogens is 360 g/mol. The zero-order valence-corrected chi connectivity index (χ0v) is 17.7. The molecule has 29 heavy (non-hydrogen) atoms. The van der Waals surface area contributed by atoms with Gasteiger partial charge >= 0.3 is 0 Å². The van der Waals surface area contributed by atoms with Gasteiger partial charge in [-0.15, -0.1) is 0 Å². The lowest BCUT2D eigenvalue weighted by Crippen LogP contribution is -2.29. The van der Waals surface area contributed by atoms with E-state index in [1.54, 1.807) is 0 Å². The van der Waals surface area contributed by atoms with Gasteiger partial charge in [0.2, 0.25) is 11.9 Å². The van der Waals surface area contributed by atoms with Crippen LogP contribution in [0.4, 0.5) is 17.3 Å². The molecular formula is C24H30N4O. The summed E-state index contributed by atoms with van der Waals surface area (Å²) in [5.74, 6) is 1.50. The van der Waals surface area contributed by atoms with Crippen LogP contribution >= 0.6 is 0 Å². The van der Waals surface area contributed by atoms with Gasteiger partial charge in [-0.1, -0.05) is 32.9 Å². The third-order valence-corrected chi connectivity index (χ3v) is 5.79. The van der Waals surface area contributed by atoms with Crippen molar-refractivity contribution in [3.63, 3.8) is 0 Å². The standard InChI is InChI=1S/C24H30N4O/c1-16-13-20(15-24(3,4)14-16)28-22-8-6-5-7-21(22)27-23(28)26-19-11-9-18(10-12-19)25-17(2)29/h5-12,16,20H,13-15H2,1-4H3,(H,25,29)(H,26,27)/t16?,20-/m1/s1. The smallest absolute Gasteiger partial charge is 0.221 e. The molecule has 0 radical (unpaired) electrons. The molecule has 5 heteroatoms. The molecule has 1 aromatic heterocycles. The lowest BCUT2D eigenvalue weighted by molar-refractivity contribution is -0.114. The second-order valence-corrected chi connectivity index (χ2v) is 9.24. The first kappa shape index (κ1) is 19.5. The summed E-state index contributed by atoms with van der Waals surface area (Å²) in [7, 11) is 0. The largest absolute Gasteiger partial charge is 0.326 e. The Kier molecular flexibility index (Phi) is 5.07. The van der Waals surface area contributed by atoms with Gasteiger partial charge in [-0.2, -0.15) is 0 Å². The Morgan fingerprint density at radius 2 is 1.76 bits per heavy atom. The zero-order chi connectivity index (χ0) is 20.6. The van der Waals surface area contributed by atoms with E-state index in [4.69, 9.17) is 4.98 Å². The van der Waals surface area contributed by atoms with Crippen molar-refractivity contribution >= 4 is 34.3 Å². The molecule has 0 bridgehead atoms. The van der Waals surface area contributed by atoms with Crippen molar-refractivity contribution in [1.29, 1.82) is 0 Å². The summed E-state index contributed by atoms with van der Waals surface area (Å²) in [6.45, 7) is 8.63. The Bertz CT molecular complexity index is 1020. The first-order valence-electron chi connectivity index (χ1n) is 10.4. The van der Waals surface area contributed by atoms with Crippen molar-refractivity contribution in [2.24, 2.45) is 11.3 Å². The fourth-order valence-corrected chi connectivity index (χ4v) is 4.96. The van der Waals surface area contributed by atoms with Crippen LogP contribution in [0, 0.1) is 11.3 Å². The Morgan fingerprint density at radius 3 is 2.45 bits per heavy atom. The highest BCUT2D eigenvalue weighted by molar-refractivity contribution is 5.89. The summed E-state index contributed by atoms with van der Waals surface area (Å²) in [5.41, 5.74) is 4.27. The summed E-state index contributed by atoms with van der Waals surface area (Å²) in [6.07, 6.45) is 3.58. The van der Waals surface area contributed by atoms with Crippen LogP contribution in [0.1, 0.15) is 53.0 Å². The van der Waals surface area contributed by atoms with Crippen LogP contribution in [-0.2, 0) is 4.79 Å². The number of carbonyl (C=O) groups is 1. The van der Waals surface area contributed by atoms with Gasteiger partial charge in [0.05, 0.1) is 11.0 Å². The molecule has 1 saturated carbocycles. The van der Waals surface area contributed by atoms with Gasteiger partial charge in [0.15, 0.2) is 0 Å². The fourth-order valence-electron chi connectivity index (χ4n) is 4.96. The highest BCUT2D eigenvalue weighted by Gasteiger charge is 2.34. The number of fused-ring (bicyclic) bond motifs is 1. The second kappa shape index (κ2) is 7.54. The summed E-state index contributed by atoms with van der Waals surface area (Å²) in [4.78, 5) is 16.2. The number of amides is 1. The molecule has 0 aliphatic heterocycles. The first-order chi connectivity index (χ1) is 13.8. The molecule has 3 aromatic rings. The normalized spacial score (nSPS) is 21.1. The SMILES string of the molecule is CC(=O)Nc1ccc(Nc2nc3ccccc3n2[C@@H]2CC(C)CC(C)(C)C2)cc1. The van der Waals surface area contributed by atoms with Gasteiger partial charge in [0, 0.05) is 24.3 Å². The predicted octanol–water partition coefficient (Wildman–Crippen LogP) is 6.13. The molecule has 2 N–H and O–H groups in total. The third-order valence-electron chi connectivity index (χ3n) is 5.79. The maximum Gasteiger partial charge on any atom is 0.221 e. The van der Waals surface area contributed by atoms with Crippen molar-refractivity contribution < 1.29 is 4.79 Å². The summed E-state index contributed by atoms with van der Waals surface area (Å²) in [6, 6.07) is 16.6. The van der Waals surface area contributed by atoms with Gasteiger partial charge in [-0.05, 0) is 67.0 Å². The number of aromatic nitrogens is 2. The Hall–Kier alpha value is -2.82. The molecule has 1 aliphatic carbocycles. The average molecular weight is 391 g/mol. The van der Waals surface area contributed by atoms with Crippen LogP contribution < -0.4 is 10.6 Å². The van der Waals surface area contributed by atoms with Gasteiger partial charge in [0.1, 0.15) is 0 Å². The van der Waals surface area contributed by atoms with Crippen LogP contribution in [0.25, 0.3) is 11.0 Å². The van der Waals surface area contributed by atoms with Gasteiger partial charge < -0.3 is 15.2 Å². The molecule has 1 fully saturated rings. The minimum absolute atomic E-state index is 0.0680. The first-order valence-corrected chi connectivity index (χ1v) is 10.4. The van der Waals surface area contributed by atoms with E-state index < -0.39 is 0 Å². The van der Waals surface area contributed by atoms with E-state index >= 15 is 0 Å². The topological polar surface area (TPSA) is 59.0 Å². The van der Waals surface area contributed by atoms with E-state index in [1.807, 2.05) is 30.3 Å². The lowest BCUT2D eigenvalue weighted by Gasteiger charge is -2.40. The summed E-state index contributed by atoms with van der Waals surface area (Å²) in [5, 5.41) is 6.33. The average Bonchev–Trinajstić information content (AvgIpc) is 2.99. The molecule has 0 saturated heterocycles. The Labute approximate surface area is 172 Å². The minimum Gasteiger partial charge on any atom is -0.326 e. The predicted molar refractivity (Wildman–Crippen MR) is 120 cm³/mol. The maximum atomic E-state index is 11.2. The number of carbonyl (C=O) groups excluding carboxylic acids is 1. The molecule has 152 valence electrons. The Morgan fingerprint density at radius 1 is 1.07 bits per heavy atom. The van der Waals surface area contributed by atoms with E-state index in [1.165, 1.54) is 25.3 Å². The number of hydrogen-bond acceptors (Lipinski definition) is 3. The van der Waals surface area contributed by atoms with Crippen molar-refractivity contribution in [3.8, 4) is 0 Å². The van der Waals surface area contributed by atoms with Crippen molar-refractivity contribution in [2.75, 3.05) is 10.6 Å². The van der Waals surface area contributed by atoms with Crippen LogP contribution in [0.5, 0.6) is 0 Å². The van der Waals surface area contributed by atoms with Crippen molar-refractivity contribution in [1.82, 2.24) is 9.55 Å². The zero-order valence-electron chi connectivity index (χ0n) is 17.7. The van der Waals surface area contributed by atoms with Crippen molar-refractivity contribution in [2.45, 2.75) is 53.0 Å². The number of para-hydroxylation sites is 2. The van der Waals surface area contributed by atoms with Crippen LogP contribution in [-0.4, -0.2) is 15.5 Å². The third kappa shape index (κ3) is 4.29. The number of rotatable bonds is 4. The van der Waals surface area contributed by atoms with Gasteiger partial charge in [0.25, 0.3) is 0 Å². The number of anilines is 3. The second-order valence-electron chi connectivity index (χ2n) is 9.24. The molecule has 2 atom stereocenters. The van der Waals surface area contributed by atoms with E-state index in [9.17, 15) is 4.79 Å². The van der Waals surface area contributed by atoms with Crippen LogP contribution in [0.2, 0.25) is 0 Å². The maximum absolute atomic E-state index is 11.2. The molecule has 1 aliphatic rings. The number of benzene rings is 2. The quantitative estimate of drug-likeness (QED) is 0.564. The molecule has 0 spiro atoms. The monoisotopic (exact) mass is 390 g/mol. The highest BCUT2D eigenvalue weighted by Crippen LogP contribution is 2.46. The Balaban J connectivity index is 1.69. The van der Waals surface area contributed by atoms with E-state index in [-0.39, 0.29) is 5.91 Å². The highest BCUT2D eigenvalue weighted by atomic mass is 16.1. The number of nitrogens with one attached hydrogen (secondary N) is 2. The minimum atomic E-state index is -0.0680. The molecule has 4 rings (SSSR count). The molecule has 1 amide bonds. The number of nitrogens with zero attached hydrogens (tertiary/aromatic N) is 2. The number of hydrogen-bond donors (Lipinski definition) is 2. The van der Waals surface area contributed by atoms with Gasteiger partial charge in [-0.3, -0.25) is 4.79 Å². The summed E-state index contributed by atoms with van der Waals surface area (Å²) < 4.78 is 2.40. The molecule has 1 unspecified atom stereocenters. The fraction of sp³-hybridized carbons (Fsp3) is 0.417. The van der Waals surface area contributed by atoms with E-state index in [0.717, 1.165) is 29.3 Å². The summed E-state index contributed by atoms with van der Waals surface area (Å²) >= 11 is 0. The van der Waals surface area contributed by atoms with Crippen molar-refractivity contribution in [3.05, 3.63) is 48.5 Å². The number of imidazole rings is 1.